The Morgan fingerprint density at radius 1 is 1.62 bits per heavy atom. The van der Waals surface area contributed by atoms with Crippen LogP contribution in [0.15, 0.2) is 27.1 Å². The van der Waals surface area contributed by atoms with Crippen molar-refractivity contribution in [1.29, 1.82) is 0 Å². The van der Waals surface area contributed by atoms with E-state index in [9.17, 15) is 0 Å². The Morgan fingerprint density at radius 2 is 2.25 bits per heavy atom. The van der Waals surface area contributed by atoms with E-state index in [2.05, 4.69) is 21.9 Å². The molecule has 0 amide bonds. The molecule has 0 aliphatic heterocycles. The molecule has 0 saturated heterocycles. The Labute approximate surface area is 48.9 Å². The zero-order valence-electron chi connectivity index (χ0n) is 5.13. The average Bonchev–Trinajstić information content (AvgIpc) is 1.83. The number of hydrogen-bond acceptors (Lipinski definition) is 3. The second kappa shape index (κ2) is 4.18. The third-order valence-electron chi connectivity index (χ3n) is 0.609. The molecule has 0 rings (SSSR count). The monoisotopic (exact) mass is 111 g/mol. The van der Waals surface area contributed by atoms with Gasteiger partial charge in [-0.25, -0.2) is 0 Å². The lowest BCUT2D eigenvalue weighted by Gasteiger charge is -1.80. The normalized spacial score (nSPS) is 12.5. The highest BCUT2D eigenvalue weighted by Crippen LogP contribution is 1.91. The van der Waals surface area contributed by atoms with Gasteiger partial charge in [-0.15, -0.1) is 0 Å². The zero-order valence-corrected chi connectivity index (χ0v) is 5.13. The second-order valence-corrected chi connectivity index (χ2v) is 1.24. The molecule has 0 unspecified atom stereocenters. The Morgan fingerprint density at radius 3 is 2.62 bits per heavy atom. The van der Waals surface area contributed by atoms with Gasteiger partial charge in [0.2, 0.25) is 0 Å². The van der Waals surface area contributed by atoms with E-state index in [-0.39, 0.29) is 0 Å². The summed E-state index contributed by atoms with van der Waals surface area (Å²) in [6.07, 6.45) is 1.55. The Bertz CT molecular complexity index is 124. The highest BCUT2D eigenvalue weighted by molar-refractivity contribution is 5.27. The first-order valence-electron chi connectivity index (χ1n) is 2.23. The van der Waals surface area contributed by atoms with Crippen molar-refractivity contribution in [2.45, 2.75) is 6.92 Å². The summed E-state index contributed by atoms with van der Waals surface area (Å²) in [5.74, 6) is 0. The summed E-state index contributed by atoms with van der Waals surface area (Å²) in [5, 5.41) is 7.06. The first-order valence-corrected chi connectivity index (χ1v) is 2.23. The van der Waals surface area contributed by atoms with Crippen molar-refractivity contribution in [1.82, 2.24) is 0 Å². The molecule has 0 spiro atoms. The van der Waals surface area contributed by atoms with E-state index in [1.807, 2.05) is 6.92 Å². The summed E-state index contributed by atoms with van der Waals surface area (Å²) in [6, 6.07) is 0. The Kier molecular flexibility index (Phi) is 3.66. The fraction of sp³-hybridized carbons (Fsp3) is 0.400. The SMILES string of the molecule is C=N/C(C)=C\N=NC. The molecule has 0 atom stereocenters. The first-order chi connectivity index (χ1) is 3.81. The molecule has 3 nitrogen and oxygen atoms in total. The molecule has 0 radical (unpaired) electrons. The van der Waals surface area contributed by atoms with Crippen LogP contribution >= 0.6 is 0 Å². The van der Waals surface area contributed by atoms with E-state index in [0.29, 0.717) is 0 Å². The summed E-state index contributed by atoms with van der Waals surface area (Å²) < 4.78 is 0. The third kappa shape index (κ3) is 3.21. The van der Waals surface area contributed by atoms with Gasteiger partial charge in [-0.1, -0.05) is 0 Å². The van der Waals surface area contributed by atoms with E-state index in [1.165, 1.54) is 0 Å². The molecular formula is C5H9N3. The number of nitrogens with zero attached hydrogens (tertiary/aromatic N) is 3. The molecule has 44 valence electrons. The fourth-order valence-corrected chi connectivity index (χ4v) is 0.182. The number of azo groups is 1. The third-order valence-corrected chi connectivity index (χ3v) is 0.609. The first kappa shape index (κ1) is 7.01. The molecule has 0 aromatic heterocycles. The summed E-state index contributed by atoms with van der Waals surface area (Å²) >= 11 is 0. The molecule has 0 aromatic carbocycles. The maximum absolute atomic E-state index is 3.58. The molecule has 0 saturated carbocycles. The van der Waals surface area contributed by atoms with Gasteiger partial charge < -0.3 is 0 Å². The van der Waals surface area contributed by atoms with Gasteiger partial charge >= 0.3 is 0 Å². The van der Waals surface area contributed by atoms with E-state index in [4.69, 9.17) is 0 Å². The van der Waals surface area contributed by atoms with E-state index >= 15 is 0 Å². The van der Waals surface area contributed by atoms with Crippen molar-refractivity contribution < 1.29 is 0 Å². The van der Waals surface area contributed by atoms with Crippen LogP contribution in [0.3, 0.4) is 0 Å². The molecule has 0 heterocycles. The largest absolute Gasteiger partial charge is 0.268 e. The van der Waals surface area contributed by atoms with Crippen LogP contribution in [0.25, 0.3) is 0 Å². The van der Waals surface area contributed by atoms with Crippen LogP contribution in [0.1, 0.15) is 6.92 Å². The molecule has 0 aromatic rings. The second-order valence-electron chi connectivity index (χ2n) is 1.24. The van der Waals surface area contributed by atoms with Gasteiger partial charge in [0, 0.05) is 7.05 Å². The highest BCUT2D eigenvalue weighted by Gasteiger charge is 1.73. The van der Waals surface area contributed by atoms with Gasteiger partial charge in [-0.05, 0) is 13.6 Å². The minimum Gasteiger partial charge on any atom is -0.268 e. The minimum absolute atomic E-state index is 0.774. The van der Waals surface area contributed by atoms with Crippen LogP contribution in [0, 0.1) is 0 Å². The number of rotatable bonds is 2. The lowest BCUT2D eigenvalue weighted by molar-refractivity contribution is 1.13. The number of allylic oxidation sites excluding steroid dienone is 1. The van der Waals surface area contributed by atoms with E-state index in [0.717, 1.165) is 5.70 Å². The van der Waals surface area contributed by atoms with Gasteiger partial charge in [-0.2, -0.15) is 10.2 Å². The molecule has 0 fully saturated rings. The zero-order chi connectivity index (χ0) is 6.41. The fourth-order valence-electron chi connectivity index (χ4n) is 0.182. The molecule has 3 heteroatoms. The van der Waals surface area contributed by atoms with Crippen molar-refractivity contribution in [2.75, 3.05) is 7.05 Å². The van der Waals surface area contributed by atoms with E-state index < -0.39 is 0 Å². The van der Waals surface area contributed by atoms with Crippen LogP contribution < -0.4 is 0 Å². The molecule has 8 heavy (non-hydrogen) atoms. The Hall–Kier alpha value is -0.990. The summed E-state index contributed by atoms with van der Waals surface area (Å²) in [6.45, 7) is 5.10. The molecular weight excluding hydrogens is 102 g/mol. The Balaban J connectivity index is 3.74. The van der Waals surface area contributed by atoms with Crippen LogP contribution in [-0.2, 0) is 0 Å². The molecule has 0 aliphatic carbocycles. The summed E-state index contributed by atoms with van der Waals surface area (Å²) in [4.78, 5) is 3.58. The van der Waals surface area contributed by atoms with Crippen molar-refractivity contribution in [3.8, 4) is 0 Å². The molecule has 0 bridgehead atoms. The van der Waals surface area contributed by atoms with Crippen molar-refractivity contribution in [3.63, 3.8) is 0 Å². The standard InChI is InChI=1S/C5H9N3/c1-5(6-2)4-8-7-3/h4H,2H2,1,3H3/b5-4-,8-7?. The maximum Gasteiger partial charge on any atom is 0.0703 e. The van der Waals surface area contributed by atoms with Crippen molar-refractivity contribution in [3.05, 3.63) is 11.9 Å². The predicted molar refractivity (Wildman–Crippen MR) is 34.1 cm³/mol. The minimum atomic E-state index is 0.774. The topological polar surface area (TPSA) is 37.1 Å². The van der Waals surface area contributed by atoms with Crippen LogP contribution in [0.2, 0.25) is 0 Å². The van der Waals surface area contributed by atoms with Gasteiger partial charge in [0.25, 0.3) is 0 Å². The van der Waals surface area contributed by atoms with E-state index in [1.54, 1.807) is 13.2 Å². The molecule has 0 aliphatic rings. The van der Waals surface area contributed by atoms with Crippen LogP contribution in [-0.4, -0.2) is 13.8 Å². The van der Waals surface area contributed by atoms with Crippen LogP contribution in [0.5, 0.6) is 0 Å². The number of aliphatic imine (C=N–C) groups is 1. The van der Waals surface area contributed by atoms with Crippen molar-refractivity contribution >= 4 is 6.72 Å². The van der Waals surface area contributed by atoms with Gasteiger partial charge in [0.05, 0.1) is 11.9 Å². The predicted octanol–water partition coefficient (Wildman–Crippen LogP) is 1.63. The summed E-state index contributed by atoms with van der Waals surface area (Å²) in [7, 11) is 1.60. The summed E-state index contributed by atoms with van der Waals surface area (Å²) in [5.41, 5.74) is 0.774. The lowest BCUT2D eigenvalue weighted by atomic mass is 10.6. The average molecular weight is 111 g/mol. The van der Waals surface area contributed by atoms with Crippen molar-refractivity contribution in [2.24, 2.45) is 15.2 Å². The lowest BCUT2D eigenvalue weighted by Crippen LogP contribution is -1.61. The highest BCUT2D eigenvalue weighted by atomic mass is 15.1. The smallest absolute Gasteiger partial charge is 0.0703 e. The van der Waals surface area contributed by atoms with Gasteiger partial charge in [-0.3, -0.25) is 4.99 Å². The van der Waals surface area contributed by atoms with Crippen LogP contribution in [0.4, 0.5) is 0 Å². The number of hydrogen-bond donors (Lipinski definition) is 0. The maximum atomic E-state index is 3.58. The van der Waals surface area contributed by atoms with Gasteiger partial charge in [0.15, 0.2) is 0 Å². The quantitative estimate of drug-likeness (QED) is 0.383. The van der Waals surface area contributed by atoms with Gasteiger partial charge in [0.1, 0.15) is 0 Å². The molecule has 0 N–H and O–H groups in total.